The summed E-state index contributed by atoms with van der Waals surface area (Å²) in [4.78, 5) is 36.1. The number of ether oxygens (including phenoxy) is 3. The highest BCUT2D eigenvalue weighted by molar-refractivity contribution is 5.91. The van der Waals surface area contributed by atoms with Crippen molar-refractivity contribution in [2.75, 3.05) is 24.7 Å². The van der Waals surface area contributed by atoms with Gasteiger partial charge >= 0.3 is 24.1 Å². The van der Waals surface area contributed by atoms with E-state index in [9.17, 15) is 27.6 Å². The third-order valence-electron chi connectivity index (χ3n) is 5.81. The van der Waals surface area contributed by atoms with E-state index in [1.54, 1.807) is 12.1 Å². The Hall–Kier alpha value is -4.02. The SMILES string of the molecule is Nc1cc(N)cc(C(=O)OCCOC(=O)C=Cc2ccc(OC(=O)C3CCC(C(F)(F)F)CC3)cc2)c1. The van der Waals surface area contributed by atoms with E-state index in [0.717, 1.165) is 0 Å². The molecule has 1 saturated carbocycles. The second-order valence-electron chi connectivity index (χ2n) is 8.61. The molecule has 1 aliphatic rings. The maximum absolute atomic E-state index is 12.8. The van der Waals surface area contributed by atoms with Gasteiger partial charge in [0.1, 0.15) is 19.0 Å². The van der Waals surface area contributed by atoms with Gasteiger partial charge in [-0.05, 0) is 67.7 Å². The number of rotatable bonds is 8. The zero-order valence-corrected chi connectivity index (χ0v) is 19.8. The van der Waals surface area contributed by atoms with Crippen molar-refractivity contribution in [1.82, 2.24) is 0 Å². The molecule has 3 rings (SSSR count). The van der Waals surface area contributed by atoms with Gasteiger partial charge in [0.05, 0.1) is 17.4 Å². The molecule has 0 aromatic heterocycles. The number of alkyl halides is 3. The van der Waals surface area contributed by atoms with Crippen LogP contribution in [0.5, 0.6) is 5.75 Å². The number of hydrogen-bond acceptors (Lipinski definition) is 8. The first-order valence-electron chi connectivity index (χ1n) is 11.6. The van der Waals surface area contributed by atoms with Crippen molar-refractivity contribution in [3.05, 3.63) is 59.7 Å². The van der Waals surface area contributed by atoms with Gasteiger partial charge in [-0.3, -0.25) is 4.79 Å². The number of nitrogens with two attached hydrogens (primary N) is 2. The van der Waals surface area contributed by atoms with E-state index >= 15 is 0 Å². The minimum absolute atomic E-state index is 0.0805. The molecule has 2 aromatic rings. The number of benzene rings is 2. The zero-order valence-electron chi connectivity index (χ0n) is 19.8. The predicted octanol–water partition coefficient (Wildman–Crippen LogP) is 4.54. The van der Waals surface area contributed by atoms with Crippen LogP contribution in [-0.2, 0) is 19.1 Å². The average molecular weight is 521 g/mol. The molecule has 0 unspecified atom stereocenters. The Morgan fingerprint density at radius 1 is 0.892 bits per heavy atom. The van der Waals surface area contributed by atoms with E-state index in [-0.39, 0.29) is 50.2 Å². The first-order chi connectivity index (χ1) is 17.5. The summed E-state index contributed by atoms with van der Waals surface area (Å²) < 4.78 is 53.6. The van der Waals surface area contributed by atoms with Gasteiger partial charge in [0.15, 0.2) is 0 Å². The summed E-state index contributed by atoms with van der Waals surface area (Å²) in [5.74, 6) is -3.53. The highest BCUT2D eigenvalue weighted by Crippen LogP contribution is 2.39. The molecule has 0 spiro atoms. The van der Waals surface area contributed by atoms with Gasteiger partial charge in [-0.25, -0.2) is 9.59 Å². The summed E-state index contributed by atoms with van der Waals surface area (Å²) in [6, 6.07) is 10.6. The van der Waals surface area contributed by atoms with Gasteiger partial charge in [0, 0.05) is 17.5 Å². The fraction of sp³-hybridized carbons (Fsp3) is 0.346. The van der Waals surface area contributed by atoms with Crippen molar-refractivity contribution in [1.29, 1.82) is 0 Å². The lowest BCUT2D eigenvalue weighted by Crippen LogP contribution is -2.31. The topological polar surface area (TPSA) is 131 Å². The monoisotopic (exact) mass is 520 g/mol. The maximum atomic E-state index is 12.8. The van der Waals surface area contributed by atoms with Crippen molar-refractivity contribution < 1.29 is 41.8 Å². The number of carbonyl (C=O) groups excluding carboxylic acids is 3. The van der Waals surface area contributed by atoms with Crippen LogP contribution in [0.25, 0.3) is 6.08 Å². The first-order valence-corrected chi connectivity index (χ1v) is 11.6. The molecule has 4 N–H and O–H groups in total. The molecule has 0 amide bonds. The summed E-state index contributed by atoms with van der Waals surface area (Å²) in [7, 11) is 0. The minimum atomic E-state index is -4.23. The van der Waals surface area contributed by atoms with Crippen LogP contribution < -0.4 is 16.2 Å². The summed E-state index contributed by atoms with van der Waals surface area (Å²) in [5.41, 5.74) is 12.7. The molecule has 0 atom stereocenters. The molecule has 2 aromatic carbocycles. The van der Waals surface area contributed by atoms with Crippen LogP contribution >= 0.6 is 0 Å². The Labute approximate surface area is 211 Å². The summed E-state index contributed by atoms with van der Waals surface area (Å²) in [6.45, 7) is -0.322. The molecule has 0 saturated heterocycles. The third-order valence-corrected chi connectivity index (χ3v) is 5.81. The van der Waals surface area contributed by atoms with Gasteiger partial charge in [-0.15, -0.1) is 0 Å². The normalized spacial score (nSPS) is 17.8. The van der Waals surface area contributed by atoms with Gasteiger partial charge in [-0.2, -0.15) is 13.2 Å². The van der Waals surface area contributed by atoms with E-state index in [0.29, 0.717) is 16.9 Å². The van der Waals surface area contributed by atoms with Gasteiger partial charge in [-0.1, -0.05) is 12.1 Å². The predicted molar refractivity (Wildman–Crippen MR) is 129 cm³/mol. The van der Waals surface area contributed by atoms with E-state index < -0.39 is 35.9 Å². The number of nitrogen functional groups attached to an aromatic ring is 2. The molecule has 8 nitrogen and oxygen atoms in total. The molecular weight excluding hydrogens is 493 g/mol. The number of esters is 3. The minimum Gasteiger partial charge on any atom is -0.459 e. The molecule has 0 radical (unpaired) electrons. The Balaban J connectivity index is 1.38. The van der Waals surface area contributed by atoms with Crippen LogP contribution in [0.3, 0.4) is 0 Å². The lowest BCUT2D eigenvalue weighted by molar-refractivity contribution is -0.185. The van der Waals surface area contributed by atoms with E-state index in [2.05, 4.69) is 0 Å². The summed E-state index contributed by atoms with van der Waals surface area (Å²) >= 11 is 0. The van der Waals surface area contributed by atoms with E-state index in [1.807, 2.05) is 0 Å². The average Bonchev–Trinajstić information content (AvgIpc) is 2.85. The van der Waals surface area contributed by atoms with Crippen molar-refractivity contribution in [2.24, 2.45) is 11.8 Å². The van der Waals surface area contributed by atoms with Gasteiger partial charge in [0.2, 0.25) is 0 Å². The molecule has 0 bridgehead atoms. The molecule has 0 heterocycles. The standard InChI is InChI=1S/C26H27F3N2O6/c27-26(28,29)19-6-4-17(5-7-19)25(34)37-22-8-1-16(2-9-22)3-10-23(32)35-11-12-36-24(33)18-13-20(30)15-21(31)14-18/h1-3,8-10,13-15,17,19H,4-7,11-12,30-31H2. The molecule has 11 heteroatoms. The van der Waals surface area contributed by atoms with Crippen LogP contribution in [0.4, 0.5) is 24.5 Å². The summed E-state index contributed by atoms with van der Waals surface area (Å²) in [5, 5.41) is 0. The fourth-order valence-corrected chi connectivity index (χ4v) is 3.87. The number of hydrogen-bond donors (Lipinski definition) is 2. The van der Waals surface area contributed by atoms with E-state index in [4.69, 9.17) is 25.7 Å². The highest BCUT2D eigenvalue weighted by atomic mass is 19.4. The van der Waals surface area contributed by atoms with E-state index in [1.165, 1.54) is 42.5 Å². The highest BCUT2D eigenvalue weighted by Gasteiger charge is 2.42. The molecule has 198 valence electrons. The lowest BCUT2D eigenvalue weighted by atomic mass is 9.82. The van der Waals surface area contributed by atoms with Gasteiger partial charge < -0.3 is 25.7 Å². The lowest BCUT2D eigenvalue weighted by Gasteiger charge is -2.28. The van der Waals surface area contributed by atoms with Crippen molar-refractivity contribution in [3.8, 4) is 5.75 Å². The van der Waals surface area contributed by atoms with Gasteiger partial charge in [0.25, 0.3) is 0 Å². The number of anilines is 2. The second-order valence-corrected chi connectivity index (χ2v) is 8.61. The second kappa shape index (κ2) is 12.3. The van der Waals surface area contributed by atoms with Crippen LogP contribution in [0, 0.1) is 11.8 Å². The largest absolute Gasteiger partial charge is 0.459 e. The Morgan fingerprint density at radius 3 is 2.08 bits per heavy atom. The van der Waals surface area contributed by atoms with Crippen molar-refractivity contribution in [3.63, 3.8) is 0 Å². The zero-order chi connectivity index (χ0) is 27.0. The molecule has 0 aliphatic heterocycles. The quantitative estimate of drug-likeness (QED) is 0.171. The number of carbonyl (C=O) groups is 3. The smallest absolute Gasteiger partial charge is 0.391 e. The number of halogens is 3. The first kappa shape index (κ1) is 27.6. The molecule has 37 heavy (non-hydrogen) atoms. The Kier molecular flexibility index (Phi) is 9.15. The van der Waals surface area contributed by atoms with Crippen LogP contribution in [0.15, 0.2) is 48.5 Å². The molecular formula is C26H27F3N2O6. The van der Waals surface area contributed by atoms with Crippen molar-refractivity contribution in [2.45, 2.75) is 31.9 Å². The maximum Gasteiger partial charge on any atom is 0.391 e. The molecule has 1 aliphatic carbocycles. The Bertz CT molecular complexity index is 1120. The third kappa shape index (κ3) is 8.55. The van der Waals surface area contributed by atoms with Crippen LogP contribution in [0.1, 0.15) is 41.6 Å². The Morgan fingerprint density at radius 2 is 1.49 bits per heavy atom. The summed E-state index contributed by atoms with van der Waals surface area (Å²) in [6.07, 6.45) is -1.45. The van der Waals surface area contributed by atoms with Crippen molar-refractivity contribution >= 4 is 35.4 Å². The fourth-order valence-electron chi connectivity index (χ4n) is 3.87. The molecule has 1 fully saturated rings. The van der Waals surface area contributed by atoms with Crippen LogP contribution in [-0.4, -0.2) is 37.3 Å². The van der Waals surface area contributed by atoms with Crippen LogP contribution in [0.2, 0.25) is 0 Å².